The lowest BCUT2D eigenvalue weighted by Gasteiger charge is -2.18. The Kier molecular flexibility index (Phi) is 55.8. The fraction of sp³-hybridized carbons (Fsp3) is 0.766. The van der Waals surface area contributed by atoms with Crippen molar-refractivity contribution in [1.82, 2.24) is 0 Å². The van der Waals surface area contributed by atoms with Crippen LogP contribution in [0.4, 0.5) is 0 Å². The molecule has 0 rings (SSSR count). The molecule has 0 heterocycles. The number of carbonyl (C=O) groups is 3. The number of hydrogen-bond donors (Lipinski definition) is 0. The van der Waals surface area contributed by atoms with Crippen molar-refractivity contribution in [2.75, 3.05) is 13.2 Å². The molecule has 0 aliphatic rings. The maximum absolute atomic E-state index is 12.9. The third-order valence-electron chi connectivity index (χ3n) is 13.1. The number of unbranched alkanes of at least 4 members (excludes halogenated alkanes) is 35. The Hall–Kier alpha value is -3.15. The van der Waals surface area contributed by atoms with Gasteiger partial charge in [0.1, 0.15) is 13.2 Å². The van der Waals surface area contributed by atoms with Crippen LogP contribution in [-0.4, -0.2) is 37.2 Å². The van der Waals surface area contributed by atoms with E-state index in [-0.39, 0.29) is 31.1 Å². The SMILES string of the molecule is CCCCCCC\C=C/C=C\C=C/CCCCCCCC(=O)OCC(COC(=O)CCCCCCCCCCCCCCCCCC)OC(=O)CCCCCCC\C=C/C=C\C=C/CCCCCCC. The van der Waals surface area contributed by atoms with Crippen molar-refractivity contribution in [3.8, 4) is 0 Å². The first-order valence-electron chi connectivity index (χ1n) is 30.0. The minimum atomic E-state index is -0.794. The van der Waals surface area contributed by atoms with Gasteiger partial charge in [0.2, 0.25) is 0 Å². The van der Waals surface area contributed by atoms with Gasteiger partial charge >= 0.3 is 17.9 Å². The summed E-state index contributed by atoms with van der Waals surface area (Å²) in [7, 11) is 0. The maximum atomic E-state index is 12.9. The molecule has 0 aliphatic heterocycles. The maximum Gasteiger partial charge on any atom is 0.306 e. The summed E-state index contributed by atoms with van der Waals surface area (Å²) in [6, 6.07) is 0. The van der Waals surface area contributed by atoms with Gasteiger partial charge in [-0.2, -0.15) is 0 Å². The van der Waals surface area contributed by atoms with E-state index in [1.807, 2.05) is 0 Å². The fourth-order valence-corrected chi connectivity index (χ4v) is 8.51. The van der Waals surface area contributed by atoms with E-state index in [0.717, 1.165) is 103 Å². The van der Waals surface area contributed by atoms with Crippen LogP contribution in [-0.2, 0) is 28.6 Å². The van der Waals surface area contributed by atoms with Gasteiger partial charge in [0, 0.05) is 19.3 Å². The Labute approximate surface area is 433 Å². The lowest BCUT2D eigenvalue weighted by atomic mass is 10.0. The Bertz CT molecular complexity index is 1310. The molecule has 0 saturated heterocycles. The standard InChI is InChI=1S/C64H112O6/c1-4-7-10-13-16-19-22-25-28-31-33-36-39-42-45-48-51-54-57-63(66)69-60-61(59-68-62(65)56-53-50-47-44-41-38-35-30-27-24-21-18-15-12-9-6-3)70-64(67)58-55-52-49-46-43-40-37-34-32-29-26-23-20-17-14-11-8-5-2/h22-23,25-26,28-29,31-34,36-37,61H,4-21,24,27,30,35,38-60H2,1-3H3/b25-22-,26-23-,31-28-,32-29-,36-33-,37-34-. The molecule has 0 fully saturated rings. The number of rotatable bonds is 54. The van der Waals surface area contributed by atoms with Crippen molar-refractivity contribution in [3.63, 3.8) is 0 Å². The molecule has 0 spiro atoms. The van der Waals surface area contributed by atoms with Crippen molar-refractivity contribution in [2.24, 2.45) is 0 Å². The summed E-state index contributed by atoms with van der Waals surface area (Å²) in [5, 5.41) is 0. The first-order chi connectivity index (χ1) is 34.5. The van der Waals surface area contributed by atoms with Crippen LogP contribution < -0.4 is 0 Å². The summed E-state index contributed by atoms with van der Waals surface area (Å²) >= 11 is 0. The number of hydrogen-bond acceptors (Lipinski definition) is 6. The molecule has 0 amide bonds. The molecule has 0 aliphatic carbocycles. The second-order valence-electron chi connectivity index (χ2n) is 20.0. The molecular formula is C64H112O6. The lowest BCUT2D eigenvalue weighted by Crippen LogP contribution is -2.30. The summed E-state index contributed by atoms with van der Waals surface area (Å²) in [6.45, 7) is 6.60. The molecule has 70 heavy (non-hydrogen) atoms. The van der Waals surface area contributed by atoms with Crippen LogP contribution in [0.25, 0.3) is 0 Å². The Balaban J connectivity index is 4.45. The van der Waals surface area contributed by atoms with Crippen LogP contribution in [0.2, 0.25) is 0 Å². The molecule has 0 aromatic carbocycles. The third kappa shape index (κ3) is 55.8. The van der Waals surface area contributed by atoms with Crippen LogP contribution in [0.5, 0.6) is 0 Å². The molecule has 0 saturated carbocycles. The van der Waals surface area contributed by atoms with Crippen LogP contribution >= 0.6 is 0 Å². The quantitative estimate of drug-likeness (QED) is 0.0261. The molecule has 0 aromatic heterocycles. The van der Waals surface area contributed by atoms with Crippen molar-refractivity contribution in [3.05, 3.63) is 72.9 Å². The first-order valence-corrected chi connectivity index (χ1v) is 30.0. The smallest absolute Gasteiger partial charge is 0.306 e. The van der Waals surface area contributed by atoms with E-state index < -0.39 is 6.10 Å². The van der Waals surface area contributed by atoms with Crippen LogP contribution in [0.3, 0.4) is 0 Å². The third-order valence-corrected chi connectivity index (χ3v) is 13.1. The highest BCUT2D eigenvalue weighted by Crippen LogP contribution is 2.16. The van der Waals surface area contributed by atoms with Gasteiger partial charge in [0.15, 0.2) is 6.10 Å². The highest BCUT2D eigenvalue weighted by molar-refractivity contribution is 5.71. The zero-order chi connectivity index (χ0) is 50.7. The van der Waals surface area contributed by atoms with E-state index in [4.69, 9.17) is 14.2 Å². The summed E-state index contributed by atoms with van der Waals surface area (Å²) in [5.41, 5.74) is 0. The van der Waals surface area contributed by atoms with Gasteiger partial charge < -0.3 is 14.2 Å². The van der Waals surface area contributed by atoms with E-state index in [1.54, 1.807) is 0 Å². The molecule has 1 unspecified atom stereocenters. The van der Waals surface area contributed by atoms with Crippen molar-refractivity contribution in [1.29, 1.82) is 0 Å². The van der Waals surface area contributed by atoms with Crippen molar-refractivity contribution in [2.45, 2.75) is 303 Å². The van der Waals surface area contributed by atoms with Crippen LogP contribution in [0.15, 0.2) is 72.9 Å². The number of carbonyl (C=O) groups excluding carboxylic acids is 3. The van der Waals surface area contributed by atoms with E-state index in [0.29, 0.717) is 19.3 Å². The van der Waals surface area contributed by atoms with Crippen LogP contribution in [0, 0.1) is 0 Å². The second kappa shape index (κ2) is 58.4. The summed E-state index contributed by atoms with van der Waals surface area (Å²) < 4.78 is 16.9. The average molecular weight is 978 g/mol. The molecule has 0 N–H and O–H groups in total. The molecule has 0 aromatic rings. The fourth-order valence-electron chi connectivity index (χ4n) is 8.51. The van der Waals surface area contributed by atoms with Crippen molar-refractivity contribution >= 4 is 17.9 Å². The Morgan fingerprint density at radius 3 is 0.786 bits per heavy atom. The van der Waals surface area contributed by atoms with Gasteiger partial charge in [0.25, 0.3) is 0 Å². The highest BCUT2D eigenvalue weighted by atomic mass is 16.6. The van der Waals surface area contributed by atoms with Gasteiger partial charge in [-0.05, 0) is 70.6 Å². The molecule has 0 radical (unpaired) electrons. The molecule has 0 bridgehead atoms. The number of allylic oxidation sites excluding steroid dienone is 12. The Morgan fingerprint density at radius 1 is 0.286 bits per heavy atom. The Morgan fingerprint density at radius 2 is 0.514 bits per heavy atom. The van der Waals surface area contributed by atoms with Gasteiger partial charge in [-0.3, -0.25) is 14.4 Å². The van der Waals surface area contributed by atoms with Gasteiger partial charge in [0.05, 0.1) is 0 Å². The van der Waals surface area contributed by atoms with E-state index >= 15 is 0 Å². The van der Waals surface area contributed by atoms with Gasteiger partial charge in [-0.15, -0.1) is 0 Å². The minimum absolute atomic E-state index is 0.0883. The average Bonchev–Trinajstić information content (AvgIpc) is 3.36. The molecule has 6 nitrogen and oxygen atoms in total. The van der Waals surface area contributed by atoms with E-state index in [2.05, 4.69) is 93.7 Å². The summed E-state index contributed by atoms with van der Waals surface area (Å²) in [6.07, 6.45) is 74.6. The topological polar surface area (TPSA) is 78.9 Å². The largest absolute Gasteiger partial charge is 0.462 e. The number of ether oxygens (including phenoxy) is 3. The first kappa shape index (κ1) is 66.9. The monoisotopic (exact) mass is 977 g/mol. The van der Waals surface area contributed by atoms with E-state index in [9.17, 15) is 14.4 Å². The highest BCUT2D eigenvalue weighted by Gasteiger charge is 2.19. The lowest BCUT2D eigenvalue weighted by molar-refractivity contribution is -0.167. The summed E-state index contributed by atoms with van der Waals surface area (Å²) in [5.74, 6) is -0.916. The van der Waals surface area contributed by atoms with Gasteiger partial charge in [-0.1, -0.05) is 280 Å². The van der Waals surface area contributed by atoms with E-state index in [1.165, 1.54) is 154 Å². The van der Waals surface area contributed by atoms with Crippen molar-refractivity contribution < 1.29 is 28.6 Å². The molecule has 1 atom stereocenters. The predicted molar refractivity (Wildman–Crippen MR) is 302 cm³/mol. The zero-order valence-electron chi connectivity index (χ0n) is 46.3. The minimum Gasteiger partial charge on any atom is -0.462 e. The number of esters is 3. The predicted octanol–water partition coefficient (Wildman–Crippen LogP) is 20.2. The normalized spacial score (nSPS) is 12.6. The molecule has 404 valence electrons. The van der Waals surface area contributed by atoms with Crippen LogP contribution in [0.1, 0.15) is 297 Å². The zero-order valence-corrected chi connectivity index (χ0v) is 46.3. The van der Waals surface area contributed by atoms with Gasteiger partial charge in [-0.25, -0.2) is 0 Å². The summed E-state index contributed by atoms with van der Waals surface area (Å²) in [4.78, 5) is 38.2. The second-order valence-corrected chi connectivity index (χ2v) is 20.0. The molecular weight excluding hydrogens is 865 g/mol. The molecule has 6 heteroatoms.